The maximum Gasteiger partial charge on any atom is 0.350 e. The number of esters is 1. The monoisotopic (exact) mass is 355 g/mol. The summed E-state index contributed by atoms with van der Waals surface area (Å²) in [6, 6.07) is 5.31. The van der Waals surface area contributed by atoms with E-state index in [0.717, 1.165) is 15.6 Å². The van der Waals surface area contributed by atoms with Crippen LogP contribution < -0.4 is 0 Å². The van der Waals surface area contributed by atoms with Gasteiger partial charge in [-0.1, -0.05) is 34.4 Å². The molecule has 4 nitrogen and oxygen atoms in total. The van der Waals surface area contributed by atoms with Crippen molar-refractivity contribution in [2.75, 3.05) is 0 Å². The number of hydrogen-bond acceptors (Lipinski definition) is 5. The predicted molar refractivity (Wildman–Crippen MR) is 86.9 cm³/mol. The van der Waals surface area contributed by atoms with Gasteiger partial charge in [-0.2, -0.15) is 0 Å². The van der Waals surface area contributed by atoms with E-state index in [2.05, 4.69) is 5.16 Å². The van der Waals surface area contributed by atoms with Gasteiger partial charge in [-0.05, 0) is 26.0 Å². The molecular weight excluding hydrogens is 345 g/mol. The Labute approximate surface area is 140 Å². The Hall–Kier alpha value is -1.56. The van der Waals surface area contributed by atoms with Crippen LogP contribution in [0.1, 0.15) is 26.7 Å². The highest BCUT2D eigenvalue weighted by Gasteiger charge is 2.20. The number of fused-ring (bicyclic) bond motifs is 1. The van der Waals surface area contributed by atoms with Crippen LogP contribution in [-0.2, 0) is 11.3 Å². The number of halogens is 2. The van der Waals surface area contributed by atoms with Gasteiger partial charge in [0.2, 0.25) is 0 Å². The van der Waals surface area contributed by atoms with E-state index in [4.69, 9.17) is 32.5 Å². The molecule has 0 N–H and O–H groups in total. The SMILES string of the molecule is Cc1noc(C)c1COC(=O)c1sc2cc(Cl)ccc2c1Cl. The van der Waals surface area contributed by atoms with Gasteiger partial charge in [0.15, 0.2) is 0 Å². The van der Waals surface area contributed by atoms with Crippen molar-refractivity contribution in [3.8, 4) is 0 Å². The number of carbonyl (C=O) groups excluding carboxylic acids is 1. The number of aromatic nitrogens is 1. The lowest BCUT2D eigenvalue weighted by atomic mass is 10.2. The van der Waals surface area contributed by atoms with E-state index in [0.29, 0.717) is 26.4 Å². The minimum atomic E-state index is -0.470. The van der Waals surface area contributed by atoms with Crippen LogP contribution in [0.2, 0.25) is 10.0 Å². The van der Waals surface area contributed by atoms with Crippen LogP contribution in [-0.4, -0.2) is 11.1 Å². The van der Waals surface area contributed by atoms with E-state index >= 15 is 0 Å². The number of rotatable bonds is 3. The second kappa shape index (κ2) is 5.91. The van der Waals surface area contributed by atoms with Crippen molar-refractivity contribution in [3.63, 3.8) is 0 Å². The summed E-state index contributed by atoms with van der Waals surface area (Å²) in [5.74, 6) is 0.168. The Morgan fingerprint density at radius 3 is 2.82 bits per heavy atom. The summed E-state index contributed by atoms with van der Waals surface area (Å²) in [6.07, 6.45) is 0. The van der Waals surface area contributed by atoms with E-state index in [-0.39, 0.29) is 6.61 Å². The molecule has 1 aromatic carbocycles. The van der Waals surface area contributed by atoms with Crippen molar-refractivity contribution in [1.29, 1.82) is 0 Å². The lowest BCUT2D eigenvalue weighted by Crippen LogP contribution is -2.04. The number of thiophene rings is 1. The molecule has 7 heteroatoms. The van der Waals surface area contributed by atoms with Crippen LogP contribution in [0.4, 0.5) is 0 Å². The normalized spacial score (nSPS) is 11.1. The summed E-state index contributed by atoms with van der Waals surface area (Å²) >= 11 is 13.5. The molecule has 2 aromatic heterocycles. The maximum atomic E-state index is 12.3. The standard InChI is InChI=1S/C15H11Cl2NO3S/c1-7-11(8(2)21-18-7)6-20-15(19)14-13(17)10-4-3-9(16)5-12(10)22-14/h3-5H,6H2,1-2H3. The third-order valence-corrected chi connectivity index (χ3v) is 5.18. The smallest absolute Gasteiger partial charge is 0.350 e. The number of nitrogens with zero attached hydrogens (tertiary/aromatic N) is 1. The molecule has 2 heterocycles. The molecule has 0 spiro atoms. The van der Waals surface area contributed by atoms with Gasteiger partial charge in [0.25, 0.3) is 0 Å². The number of aryl methyl sites for hydroxylation is 2. The fourth-order valence-electron chi connectivity index (χ4n) is 2.08. The Balaban J connectivity index is 1.85. The van der Waals surface area contributed by atoms with Crippen molar-refractivity contribution in [2.45, 2.75) is 20.5 Å². The van der Waals surface area contributed by atoms with Crippen molar-refractivity contribution in [1.82, 2.24) is 5.16 Å². The van der Waals surface area contributed by atoms with Crippen LogP contribution in [0, 0.1) is 13.8 Å². The number of benzene rings is 1. The third-order valence-electron chi connectivity index (χ3n) is 3.31. The molecule has 0 fully saturated rings. The molecule has 3 aromatic rings. The first kappa shape index (κ1) is 15.3. The summed E-state index contributed by atoms with van der Waals surface area (Å²) < 4.78 is 11.2. The van der Waals surface area contributed by atoms with Gasteiger partial charge in [0.1, 0.15) is 17.2 Å². The molecule has 0 bridgehead atoms. The van der Waals surface area contributed by atoms with Crippen molar-refractivity contribution >= 4 is 50.6 Å². The molecule has 0 radical (unpaired) electrons. The summed E-state index contributed by atoms with van der Waals surface area (Å²) in [6.45, 7) is 3.68. The van der Waals surface area contributed by atoms with E-state index in [1.54, 1.807) is 32.0 Å². The lowest BCUT2D eigenvalue weighted by Gasteiger charge is -2.03. The fourth-order valence-corrected chi connectivity index (χ4v) is 3.76. The van der Waals surface area contributed by atoms with Crippen LogP contribution in [0.15, 0.2) is 22.7 Å². The zero-order valence-corrected chi connectivity index (χ0v) is 14.1. The van der Waals surface area contributed by atoms with Crippen LogP contribution in [0.5, 0.6) is 0 Å². The average Bonchev–Trinajstić information content (AvgIpc) is 2.97. The highest BCUT2D eigenvalue weighted by Crippen LogP contribution is 2.37. The largest absolute Gasteiger partial charge is 0.456 e. The molecule has 0 aliphatic heterocycles. The van der Waals surface area contributed by atoms with Gasteiger partial charge in [-0.3, -0.25) is 0 Å². The van der Waals surface area contributed by atoms with Gasteiger partial charge in [0, 0.05) is 15.1 Å². The molecule has 0 saturated heterocycles. The van der Waals surface area contributed by atoms with Gasteiger partial charge in [0.05, 0.1) is 16.3 Å². The highest BCUT2D eigenvalue weighted by atomic mass is 35.5. The minimum absolute atomic E-state index is 0.103. The summed E-state index contributed by atoms with van der Waals surface area (Å²) in [4.78, 5) is 12.6. The second-order valence-electron chi connectivity index (χ2n) is 4.76. The first-order valence-electron chi connectivity index (χ1n) is 6.44. The second-order valence-corrected chi connectivity index (χ2v) is 6.63. The molecule has 0 aliphatic carbocycles. The zero-order valence-electron chi connectivity index (χ0n) is 11.8. The number of carbonyl (C=O) groups is 1. The quantitative estimate of drug-likeness (QED) is 0.608. The predicted octanol–water partition coefficient (Wildman–Crippen LogP) is 5.17. The van der Waals surface area contributed by atoms with E-state index in [9.17, 15) is 4.79 Å². The maximum absolute atomic E-state index is 12.3. The Morgan fingerprint density at radius 2 is 2.14 bits per heavy atom. The molecular formula is C15H11Cl2NO3S. The van der Waals surface area contributed by atoms with E-state index < -0.39 is 5.97 Å². The highest BCUT2D eigenvalue weighted by molar-refractivity contribution is 7.21. The van der Waals surface area contributed by atoms with Crippen molar-refractivity contribution in [2.24, 2.45) is 0 Å². The van der Waals surface area contributed by atoms with Crippen LogP contribution in [0.25, 0.3) is 10.1 Å². The summed E-state index contributed by atoms with van der Waals surface area (Å²) in [5, 5.41) is 5.60. The fraction of sp³-hybridized carbons (Fsp3) is 0.200. The zero-order chi connectivity index (χ0) is 15.9. The van der Waals surface area contributed by atoms with Crippen molar-refractivity contribution in [3.05, 3.63) is 50.1 Å². The van der Waals surface area contributed by atoms with E-state index in [1.165, 1.54) is 11.3 Å². The molecule has 114 valence electrons. The van der Waals surface area contributed by atoms with Crippen LogP contribution >= 0.6 is 34.5 Å². The minimum Gasteiger partial charge on any atom is -0.456 e. The van der Waals surface area contributed by atoms with Crippen molar-refractivity contribution < 1.29 is 14.1 Å². The lowest BCUT2D eigenvalue weighted by molar-refractivity contribution is 0.0477. The third kappa shape index (κ3) is 2.72. The Morgan fingerprint density at radius 1 is 1.36 bits per heavy atom. The number of hydrogen-bond donors (Lipinski definition) is 0. The molecule has 0 amide bonds. The molecule has 0 unspecified atom stereocenters. The van der Waals surface area contributed by atoms with Gasteiger partial charge < -0.3 is 9.26 Å². The molecule has 22 heavy (non-hydrogen) atoms. The van der Waals surface area contributed by atoms with Crippen LogP contribution in [0.3, 0.4) is 0 Å². The summed E-state index contributed by atoms with van der Waals surface area (Å²) in [5.41, 5.74) is 1.48. The molecule has 0 saturated carbocycles. The van der Waals surface area contributed by atoms with E-state index in [1.807, 2.05) is 0 Å². The Bertz CT molecular complexity index is 850. The van der Waals surface area contributed by atoms with Gasteiger partial charge >= 0.3 is 5.97 Å². The number of ether oxygens (including phenoxy) is 1. The van der Waals surface area contributed by atoms with Gasteiger partial charge in [-0.25, -0.2) is 4.79 Å². The van der Waals surface area contributed by atoms with Gasteiger partial charge in [-0.15, -0.1) is 11.3 Å². The summed E-state index contributed by atoms with van der Waals surface area (Å²) in [7, 11) is 0. The average molecular weight is 356 g/mol. The topological polar surface area (TPSA) is 52.3 Å². The first-order chi connectivity index (χ1) is 10.5. The Kier molecular flexibility index (Phi) is 4.12. The molecule has 0 aliphatic rings. The molecule has 3 rings (SSSR count). The molecule has 0 atom stereocenters. The first-order valence-corrected chi connectivity index (χ1v) is 8.01.